The van der Waals surface area contributed by atoms with Crippen LogP contribution in [0.1, 0.15) is 35.7 Å². The third kappa shape index (κ3) is 4.30. The molecule has 0 radical (unpaired) electrons. The van der Waals surface area contributed by atoms with Gasteiger partial charge in [-0.25, -0.2) is 0 Å². The molecule has 23 heavy (non-hydrogen) atoms. The molecule has 1 aliphatic heterocycles. The zero-order chi connectivity index (χ0) is 16.3. The highest BCUT2D eigenvalue weighted by Gasteiger charge is 2.26. The number of carbonyl (C=O) groups excluding carboxylic acids is 1. The van der Waals surface area contributed by atoms with Crippen LogP contribution in [0.5, 0.6) is 11.5 Å². The molecular weight excluding hydrogens is 316 g/mol. The molecule has 1 aromatic rings. The Kier molecular flexibility index (Phi) is 7.16. The number of benzene rings is 1. The maximum atomic E-state index is 12.8. The maximum Gasteiger partial charge on any atom is 0.254 e. The lowest BCUT2D eigenvalue weighted by molar-refractivity contribution is 0.0680. The highest BCUT2D eigenvalue weighted by molar-refractivity contribution is 5.96. The zero-order valence-electron chi connectivity index (χ0n) is 14.3. The summed E-state index contributed by atoms with van der Waals surface area (Å²) in [7, 11) is 3.17. The van der Waals surface area contributed by atoms with Gasteiger partial charge in [0.25, 0.3) is 5.91 Å². The van der Waals surface area contributed by atoms with E-state index in [-0.39, 0.29) is 24.4 Å². The van der Waals surface area contributed by atoms with Crippen LogP contribution in [0, 0.1) is 12.8 Å². The number of hydrogen-bond acceptors (Lipinski definition) is 4. The Hall–Kier alpha value is -1.46. The molecule has 1 saturated heterocycles. The highest BCUT2D eigenvalue weighted by atomic mass is 35.5. The van der Waals surface area contributed by atoms with Gasteiger partial charge in [0, 0.05) is 24.7 Å². The van der Waals surface area contributed by atoms with Crippen LogP contribution >= 0.6 is 12.4 Å². The first-order valence-corrected chi connectivity index (χ1v) is 7.75. The van der Waals surface area contributed by atoms with E-state index in [1.807, 2.05) is 24.8 Å². The summed E-state index contributed by atoms with van der Waals surface area (Å²) in [5.74, 6) is 1.80. The molecule has 130 valence electrons. The Morgan fingerprint density at radius 3 is 2.22 bits per heavy atom. The lowest BCUT2D eigenvalue weighted by Gasteiger charge is -2.34. The van der Waals surface area contributed by atoms with Gasteiger partial charge in [-0.2, -0.15) is 0 Å². The molecule has 0 aliphatic carbocycles. The fourth-order valence-electron chi connectivity index (χ4n) is 3.01. The number of likely N-dealkylation sites (tertiary alicyclic amines) is 1. The summed E-state index contributed by atoms with van der Waals surface area (Å²) in [4.78, 5) is 14.7. The van der Waals surface area contributed by atoms with E-state index in [1.54, 1.807) is 20.3 Å². The molecule has 0 saturated carbocycles. The first-order valence-electron chi connectivity index (χ1n) is 7.75. The van der Waals surface area contributed by atoms with Gasteiger partial charge >= 0.3 is 0 Å². The van der Waals surface area contributed by atoms with Gasteiger partial charge in [-0.05, 0) is 50.3 Å². The summed E-state index contributed by atoms with van der Waals surface area (Å²) in [5.41, 5.74) is 7.54. The Labute approximate surface area is 144 Å². The van der Waals surface area contributed by atoms with Crippen LogP contribution in [0.15, 0.2) is 12.1 Å². The van der Waals surface area contributed by atoms with Crippen molar-refractivity contribution in [3.63, 3.8) is 0 Å². The van der Waals surface area contributed by atoms with Crippen molar-refractivity contribution in [1.82, 2.24) is 4.90 Å². The van der Waals surface area contributed by atoms with Crippen molar-refractivity contribution < 1.29 is 14.3 Å². The number of nitrogens with zero attached hydrogens (tertiary/aromatic N) is 1. The quantitative estimate of drug-likeness (QED) is 0.913. The van der Waals surface area contributed by atoms with Gasteiger partial charge in [-0.3, -0.25) is 4.79 Å². The number of halogens is 1. The van der Waals surface area contributed by atoms with E-state index in [1.165, 1.54) is 0 Å². The Morgan fingerprint density at radius 1 is 1.22 bits per heavy atom. The molecule has 2 rings (SSSR count). The van der Waals surface area contributed by atoms with Gasteiger partial charge in [0.05, 0.1) is 14.2 Å². The lowest BCUT2D eigenvalue weighted by Crippen LogP contribution is -2.42. The van der Waals surface area contributed by atoms with Crippen molar-refractivity contribution in [2.45, 2.75) is 32.7 Å². The minimum absolute atomic E-state index is 0. The molecule has 1 atom stereocenters. The van der Waals surface area contributed by atoms with Gasteiger partial charge in [0.2, 0.25) is 0 Å². The van der Waals surface area contributed by atoms with Crippen LogP contribution in [-0.4, -0.2) is 44.2 Å². The van der Waals surface area contributed by atoms with Gasteiger partial charge in [-0.15, -0.1) is 12.4 Å². The van der Waals surface area contributed by atoms with E-state index >= 15 is 0 Å². The Bertz CT molecular complexity index is 541. The third-order valence-corrected chi connectivity index (χ3v) is 4.53. The number of aryl methyl sites for hydroxylation is 1. The van der Waals surface area contributed by atoms with E-state index in [2.05, 4.69) is 0 Å². The summed E-state index contributed by atoms with van der Waals surface area (Å²) in [6, 6.07) is 3.81. The molecule has 5 nitrogen and oxygen atoms in total. The van der Waals surface area contributed by atoms with Crippen molar-refractivity contribution in [2.75, 3.05) is 27.3 Å². The number of piperidine rings is 1. The van der Waals surface area contributed by atoms with Gasteiger partial charge in [-0.1, -0.05) is 0 Å². The molecule has 0 spiro atoms. The average Bonchev–Trinajstić information content (AvgIpc) is 2.53. The maximum absolute atomic E-state index is 12.8. The molecule has 0 aromatic heterocycles. The molecule has 1 unspecified atom stereocenters. The SMILES string of the molecule is COc1cc(C)c(C(=O)N2CCC(C(C)N)CC2)cc1OC.Cl. The van der Waals surface area contributed by atoms with Crippen molar-refractivity contribution in [1.29, 1.82) is 0 Å². The number of nitrogens with two attached hydrogens (primary N) is 1. The second-order valence-corrected chi connectivity index (χ2v) is 6.01. The summed E-state index contributed by atoms with van der Waals surface area (Å²) in [6.45, 7) is 5.49. The molecular formula is C17H27ClN2O3. The van der Waals surface area contributed by atoms with Crippen LogP contribution < -0.4 is 15.2 Å². The number of amides is 1. The second kappa shape index (κ2) is 8.41. The average molecular weight is 343 g/mol. The molecule has 0 bridgehead atoms. The van der Waals surface area contributed by atoms with Crippen molar-refractivity contribution >= 4 is 18.3 Å². The van der Waals surface area contributed by atoms with Crippen molar-refractivity contribution in [2.24, 2.45) is 11.7 Å². The topological polar surface area (TPSA) is 64.8 Å². The number of hydrogen-bond donors (Lipinski definition) is 1. The van der Waals surface area contributed by atoms with E-state index in [0.717, 1.165) is 31.5 Å². The molecule has 1 aliphatic rings. The molecule has 2 N–H and O–H groups in total. The second-order valence-electron chi connectivity index (χ2n) is 6.01. The summed E-state index contributed by atoms with van der Waals surface area (Å²) in [5, 5.41) is 0. The van der Waals surface area contributed by atoms with E-state index < -0.39 is 0 Å². The summed E-state index contributed by atoms with van der Waals surface area (Å²) in [6.07, 6.45) is 1.94. The first kappa shape index (κ1) is 19.6. The van der Waals surface area contributed by atoms with Crippen LogP contribution in [0.25, 0.3) is 0 Å². The minimum Gasteiger partial charge on any atom is -0.493 e. The Balaban J connectivity index is 0.00000264. The predicted octanol–water partition coefficient (Wildman–Crippen LogP) is 2.63. The zero-order valence-corrected chi connectivity index (χ0v) is 15.1. The van der Waals surface area contributed by atoms with Crippen molar-refractivity contribution in [3.05, 3.63) is 23.3 Å². The van der Waals surface area contributed by atoms with Crippen LogP contribution in [0.2, 0.25) is 0 Å². The number of carbonyl (C=O) groups is 1. The monoisotopic (exact) mass is 342 g/mol. The lowest BCUT2D eigenvalue weighted by atomic mass is 9.90. The molecule has 1 heterocycles. The van der Waals surface area contributed by atoms with E-state index in [0.29, 0.717) is 23.0 Å². The van der Waals surface area contributed by atoms with Gasteiger partial charge in [0.15, 0.2) is 11.5 Å². The minimum atomic E-state index is 0. The van der Waals surface area contributed by atoms with Crippen LogP contribution in [0.4, 0.5) is 0 Å². The standard InChI is InChI=1S/C17H26N2O3.ClH/c1-11-9-15(21-3)16(22-4)10-14(11)17(20)19-7-5-13(6-8-19)12(2)18;/h9-10,12-13H,5-8,18H2,1-4H3;1H. The smallest absolute Gasteiger partial charge is 0.254 e. The number of ether oxygens (including phenoxy) is 2. The van der Waals surface area contributed by atoms with Crippen molar-refractivity contribution in [3.8, 4) is 11.5 Å². The van der Waals surface area contributed by atoms with Crippen LogP contribution in [-0.2, 0) is 0 Å². The Morgan fingerprint density at radius 2 is 1.74 bits per heavy atom. The fourth-order valence-corrected chi connectivity index (χ4v) is 3.01. The van der Waals surface area contributed by atoms with E-state index in [4.69, 9.17) is 15.2 Å². The molecule has 6 heteroatoms. The van der Waals surface area contributed by atoms with Crippen LogP contribution in [0.3, 0.4) is 0 Å². The van der Waals surface area contributed by atoms with E-state index in [9.17, 15) is 4.79 Å². The predicted molar refractivity (Wildman–Crippen MR) is 93.8 cm³/mol. The number of rotatable bonds is 4. The molecule has 1 fully saturated rings. The normalized spacial score (nSPS) is 16.5. The van der Waals surface area contributed by atoms with Gasteiger partial charge < -0.3 is 20.1 Å². The molecule has 1 aromatic carbocycles. The highest BCUT2D eigenvalue weighted by Crippen LogP contribution is 2.31. The largest absolute Gasteiger partial charge is 0.493 e. The summed E-state index contributed by atoms with van der Waals surface area (Å²) < 4.78 is 10.6. The van der Waals surface area contributed by atoms with Gasteiger partial charge in [0.1, 0.15) is 0 Å². The number of methoxy groups -OCH3 is 2. The first-order chi connectivity index (χ1) is 10.5. The molecule has 1 amide bonds. The fraction of sp³-hybridized carbons (Fsp3) is 0.588. The third-order valence-electron chi connectivity index (χ3n) is 4.53. The summed E-state index contributed by atoms with van der Waals surface area (Å²) >= 11 is 0.